The Balaban J connectivity index is 2.07. The molecule has 1 N–H and O–H groups in total. The Morgan fingerprint density at radius 3 is 2.48 bits per heavy atom. The van der Waals surface area contributed by atoms with Crippen LogP contribution in [0.15, 0.2) is 0 Å². The maximum Gasteiger partial charge on any atom is 0.293 e. The molecule has 0 saturated carbocycles. The summed E-state index contributed by atoms with van der Waals surface area (Å²) in [7, 11) is 0. The van der Waals surface area contributed by atoms with Crippen LogP contribution in [0.2, 0.25) is 0 Å². The first kappa shape index (κ1) is 14.4. The summed E-state index contributed by atoms with van der Waals surface area (Å²) in [5.74, 6) is 1.75. The minimum absolute atomic E-state index is 0.646. The molecule has 0 unspecified atom stereocenters. The molecule has 1 aromatic rings. The van der Waals surface area contributed by atoms with Crippen molar-refractivity contribution < 1.29 is 4.98 Å². The molecule has 1 saturated heterocycles. The summed E-state index contributed by atoms with van der Waals surface area (Å²) in [5, 5.41) is 9.69. The van der Waals surface area contributed by atoms with Gasteiger partial charge in [-0.1, -0.05) is 13.8 Å². The predicted molar refractivity (Wildman–Crippen MR) is 84.3 cm³/mol. The highest BCUT2D eigenvalue weighted by molar-refractivity contribution is 5.58. The molecule has 0 amide bonds. The Morgan fingerprint density at radius 2 is 1.81 bits per heavy atom. The molecule has 1 aliphatic carbocycles. The quantitative estimate of drug-likeness (QED) is 0.856. The van der Waals surface area contributed by atoms with E-state index in [4.69, 9.17) is 0 Å². The predicted octanol–water partition coefficient (Wildman–Crippen LogP) is 3.05. The lowest BCUT2D eigenvalue weighted by molar-refractivity contribution is -0.378. The van der Waals surface area contributed by atoms with Crippen LogP contribution in [0.3, 0.4) is 0 Å². The Kier molecular flexibility index (Phi) is 4.14. The molecule has 0 aromatic carbocycles. The molecule has 0 atom stereocenters. The van der Waals surface area contributed by atoms with Gasteiger partial charge in [0, 0.05) is 6.42 Å². The van der Waals surface area contributed by atoms with Gasteiger partial charge in [-0.2, -0.15) is 5.26 Å². The lowest BCUT2D eigenvalue weighted by Gasteiger charge is -2.23. The van der Waals surface area contributed by atoms with Crippen LogP contribution in [0, 0.1) is 17.2 Å². The van der Waals surface area contributed by atoms with Crippen LogP contribution in [0.4, 0.5) is 5.82 Å². The van der Waals surface area contributed by atoms with Crippen molar-refractivity contribution in [2.75, 3.05) is 18.0 Å². The van der Waals surface area contributed by atoms with Crippen molar-refractivity contribution in [1.82, 2.24) is 0 Å². The minimum Gasteiger partial charge on any atom is -0.261 e. The normalized spacial score (nSPS) is 17.9. The number of hydrogen-bond acceptors (Lipinski definition) is 2. The minimum atomic E-state index is 0.646. The maximum absolute atomic E-state index is 9.69. The second-order valence-corrected chi connectivity index (χ2v) is 6.90. The number of nitrogens with one attached hydrogen (secondary N) is 1. The number of pyridine rings is 1. The van der Waals surface area contributed by atoms with Gasteiger partial charge in [0.2, 0.25) is 0 Å². The van der Waals surface area contributed by atoms with Gasteiger partial charge in [-0.3, -0.25) is 4.90 Å². The van der Waals surface area contributed by atoms with Gasteiger partial charge in [-0.15, -0.1) is 0 Å². The lowest BCUT2D eigenvalue weighted by Crippen LogP contribution is -2.37. The highest BCUT2D eigenvalue weighted by atomic mass is 15.2. The van der Waals surface area contributed by atoms with Gasteiger partial charge in [-0.25, -0.2) is 4.98 Å². The van der Waals surface area contributed by atoms with Crippen LogP contribution in [-0.4, -0.2) is 13.1 Å². The van der Waals surface area contributed by atoms with E-state index in [1.807, 2.05) is 0 Å². The monoisotopic (exact) mass is 284 g/mol. The van der Waals surface area contributed by atoms with Crippen molar-refractivity contribution in [2.45, 2.75) is 58.8 Å². The van der Waals surface area contributed by atoms with Gasteiger partial charge in [0.1, 0.15) is 17.3 Å². The Hall–Kier alpha value is -1.56. The number of hydrogen-bond donors (Lipinski definition) is 0. The number of anilines is 1. The molecule has 1 aromatic heterocycles. The first-order valence-electron chi connectivity index (χ1n) is 8.45. The van der Waals surface area contributed by atoms with Crippen LogP contribution >= 0.6 is 0 Å². The fraction of sp³-hybridized carbons (Fsp3) is 0.667. The molecular weight excluding hydrogens is 258 g/mol. The third kappa shape index (κ3) is 2.77. The van der Waals surface area contributed by atoms with Crippen molar-refractivity contribution in [3.63, 3.8) is 0 Å². The molecule has 3 rings (SSSR count). The second-order valence-electron chi connectivity index (χ2n) is 6.90. The van der Waals surface area contributed by atoms with E-state index in [1.54, 1.807) is 0 Å². The molecule has 1 aliphatic heterocycles. The summed E-state index contributed by atoms with van der Waals surface area (Å²) in [6.45, 7) is 6.72. The highest BCUT2D eigenvalue weighted by Gasteiger charge is 2.31. The van der Waals surface area contributed by atoms with E-state index in [-0.39, 0.29) is 0 Å². The first-order valence-corrected chi connectivity index (χ1v) is 8.45. The fourth-order valence-electron chi connectivity index (χ4n) is 3.83. The van der Waals surface area contributed by atoms with E-state index >= 15 is 0 Å². The summed E-state index contributed by atoms with van der Waals surface area (Å²) >= 11 is 0. The topological polar surface area (TPSA) is 41.2 Å². The Morgan fingerprint density at radius 1 is 1.10 bits per heavy atom. The van der Waals surface area contributed by atoms with Crippen LogP contribution in [0.1, 0.15) is 61.9 Å². The van der Waals surface area contributed by atoms with Crippen molar-refractivity contribution in [3.05, 3.63) is 22.4 Å². The summed E-state index contributed by atoms with van der Waals surface area (Å²) in [6.07, 6.45) is 8.33. The molecule has 2 aliphatic rings. The summed E-state index contributed by atoms with van der Waals surface area (Å²) in [6, 6.07) is 2.50. The third-order valence-corrected chi connectivity index (χ3v) is 4.79. The van der Waals surface area contributed by atoms with Gasteiger partial charge >= 0.3 is 0 Å². The molecule has 3 heteroatoms. The fourth-order valence-corrected chi connectivity index (χ4v) is 3.83. The van der Waals surface area contributed by atoms with Gasteiger partial charge < -0.3 is 0 Å². The molecule has 1 fully saturated rings. The number of aromatic amines is 1. The number of nitriles is 1. The zero-order chi connectivity index (χ0) is 14.8. The van der Waals surface area contributed by atoms with E-state index in [0.717, 1.165) is 43.7 Å². The van der Waals surface area contributed by atoms with Gasteiger partial charge in [0.15, 0.2) is 0 Å². The number of rotatable bonds is 3. The molecule has 2 heterocycles. The molecule has 21 heavy (non-hydrogen) atoms. The number of piperidine rings is 1. The van der Waals surface area contributed by atoms with Gasteiger partial charge in [0.05, 0.1) is 13.1 Å². The average Bonchev–Trinajstić information content (AvgIpc) is 2.97. The smallest absolute Gasteiger partial charge is 0.261 e. The zero-order valence-electron chi connectivity index (χ0n) is 13.3. The summed E-state index contributed by atoms with van der Waals surface area (Å²) in [4.78, 5) is 6.08. The standard InChI is InChI=1S/C18H25N3/c1-13(2)11-17-15-8-6-7-14(15)16(12-19)18(20-17)21-9-4-3-5-10-21/h13H,3-11H2,1-2H3/p+1. The average molecular weight is 284 g/mol. The molecular formula is C18H26N3+. The van der Waals surface area contributed by atoms with Crippen molar-refractivity contribution >= 4 is 5.82 Å². The molecule has 0 bridgehead atoms. The SMILES string of the molecule is CC(C)Cc1[nH+]c(N2CCCCC2)c(C#N)c2c1CCC2. The number of aromatic nitrogens is 1. The van der Waals surface area contributed by atoms with Gasteiger partial charge in [0.25, 0.3) is 5.82 Å². The van der Waals surface area contributed by atoms with Crippen LogP contribution < -0.4 is 9.88 Å². The maximum atomic E-state index is 9.69. The van der Waals surface area contributed by atoms with Crippen LogP contribution in [0.5, 0.6) is 0 Å². The van der Waals surface area contributed by atoms with E-state index in [1.165, 1.54) is 42.5 Å². The van der Waals surface area contributed by atoms with E-state index < -0.39 is 0 Å². The Labute approximate surface area is 128 Å². The second kappa shape index (κ2) is 6.05. The van der Waals surface area contributed by atoms with Crippen LogP contribution in [-0.2, 0) is 19.3 Å². The first-order chi connectivity index (χ1) is 10.2. The number of H-pyrrole nitrogens is 1. The van der Waals surface area contributed by atoms with E-state index in [2.05, 4.69) is 29.8 Å². The number of nitrogens with zero attached hydrogens (tertiary/aromatic N) is 2. The molecule has 0 radical (unpaired) electrons. The summed E-state index contributed by atoms with van der Waals surface area (Å²) < 4.78 is 0. The number of fused-ring (bicyclic) bond motifs is 1. The van der Waals surface area contributed by atoms with Crippen molar-refractivity contribution in [1.29, 1.82) is 5.26 Å². The van der Waals surface area contributed by atoms with E-state index in [0.29, 0.717) is 5.92 Å². The highest BCUT2D eigenvalue weighted by Crippen LogP contribution is 2.32. The van der Waals surface area contributed by atoms with E-state index in [9.17, 15) is 5.26 Å². The molecule has 3 nitrogen and oxygen atoms in total. The lowest BCUT2D eigenvalue weighted by atomic mass is 9.97. The molecule has 0 spiro atoms. The van der Waals surface area contributed by atoms with Crippen molar-refractivity contribution in [3.8, 4) is 6.07 Å². The zero-order valence-corrected chi connectivity index (χ0v) is 13.3. The summed E-state index contributed by atoms with van der Waals surface area (Å²) in [5.41, 5.74) is 5.10. The van der Waals surface area contributed by atoms with Gasteiger partial charge in [-0.05, 0) is 55.6 Å². The van der Waals surface area contributed by atoms with Crippen molar-refractivity contribution in [2.24, 2.45) is 5.92 Å². The third-order valence-electron chi connectivity index (χ3n) is 4.79. The Bertz CT molecular complexity index is 563. The molecule has 112 valence electrons. The van der Waals surface area contributed by atoms with Crippen LogP contribution in [0.25, 0.3) is 0 Å². The largest absolute Gasteiger partial charge is 0.293 e.